The number of pyridine rings is 1. The number of carbonyl (C=O) groups is 1. The van der Waals surface area contributed by atoms with Gasteiger partial charge in [-0.2, -0.15) is 0 Å². The van der Waals surface area contributed by atoms with Crippen molar-refractivity contribution in [2.75, 3.05) is 0 Å². The molecule has 4 heteroatoms. The zero-order chi connectivity index (χ0) is 14.4. The van der Waals surface area contributed by atoms with Gasteiger partial charge in [-0.25, -0.2) is 4.79 Å². The van der Waals surface area contributed by atoms with Gasteiger partial charge in [0.25, 0.3) is 0 Å². The number of benzene rings is 2. The lowest BCUT2D eigenvalue weighted by molar-refractivity contribution is 0.0699. The molecule has 0 saturated carbocycles. The highest BCUT2D eigenvalue weighted by Crippen LogP contribution is 2.22. The first-order valence-corrected chi connectivity index (χ1v) is 6.29. The van der Waals surface area contributed by atoms with Crippen molar-refractivity contribution in [2.45, 2.75) is 13.8 Å². The first-order valence-electron chi connectivity index (χ1n) is 6.29. The van der Waals surface area contributed by atoms with Gasteiger partial charge in [-0.1, -0.05) is 18.2 Å². The van der Waals surface area contributed by atoms with E-state index < -0.39 is 5.97 Å². The molecule has 4 nitrogen and oxygen atoms in total. The highest BCUT2D eigenvalue weighted by molar-refractivity contribution is 6.05. The van der Waals surface area contributed by atoms with Crippen LogP contribution in [0.5, 0.6) is 0 Å². The maximum atomic E-state index is 12.6. The summed E-state index contributed by atoms with van der Waals surface area (Å²) < 4.78 is 0. The summed E-state index contributed by atoms with van der Waals surface area (Å²) in [5, 5.41) is 10.3. The molecule has 1 heterocycles. The molecule has 3 rings (SSSR count). The number of H-pyrrole nitrogens is 1. The predicted octanol–water partition coefficient (Wildman–Crippen LogP) is 3.00. The van der Waals surface area contributed by atoms with E-state index in [1.807, 2.05) is 26.0 Å². The number of carboxylic acid groups (broad SMARTS) is 1. The third-order valence-corrected chi connectivity index (χ3v) is 3.64. The van der Waals surface area contributed by atoms with Crippen LogP contribution in [0.2, 0.25) is 0 Å². The van der Waals surface area contributed by atoms with Gasteiger partial charge in [0.1, 0.15) is 0 Å². The van der Waals surface area contributed by atoms with E-state index in [9.17, 15) is 14.7 Å². The number of hydrogen-bond acceptors (Lipinski definition) is 2. The maximum Gasteiger partial charge on any atom is 0.337 e. The van der Waals surface area contributed by atoms with Gasteiger partial charge in [-0.3, -0.25) is 4.79 Å². The summed E-state index contributed by atoms with van der Waals surface area (Å²) in [7, 11) is 0. The van der Waals surface area contributed by atoms with Crippen LogP contribution < -0.4 is 5.43 Å². The van der Waals surface area contributed by atoms with E-state index in [1.165, 1.54) is 6.07 Å². The van der Waals surface area contributed by atoms with Crippen molar-refractivity contribution in [1.82, 2.24) is 4.98 Å². The number of carboxylic acids is 1. The molecule has 0 atom stereocenters. The van der Waals surface area contributed by atoms with Gasteiger partial charge in [0, 0.05) is 10.8 Å². The monoisotopic (exact) mass is 267 g/mol. The lowest BCUT2D eigenvalue weighted by atomic mass is 10.0. The van der Waals surface area contributed by atoms with Crippen LogP contribution in [0.4, 0.5) is 0 Å². The smallest absolute Gasteiger partial charge is 0.337 e. The first kappa shape index (κ1) is 12.4. The standard InChI is InChI=1S/C16H13NO3/c1-8-6-7-9(2)13-12(8)15(18)10-4-3-5-11(16(19)20)14(10)17-13/h3-7H,1-2H3,(H,17,18)(H,19,20). The Morgan fingerprint density at radius 1 is 1.05 bits per heavy atom. The zero-order valence-corrected chi connectivity index (χ0v) is 11.2. The molecule has 100 valence electrons. The molecule has 0 radical (unpaired) electrons. The number of aromatic carboxylic acids is 1. The van der Waals surface area contributed by atoms with Crippen LogP contribution in [0.3, 0.4) is 0 Å². The maximum absolute atomic E-state index is 12.6. The average Bonchev–Trinajstić information content (AvgIpc) is 2.42. The Kier molecular flexibility index (Phi) is 2.61. The van der Waals surface area contributed by atoms with Crippen molar-refractivity contribution in [1.29, 1.82) is 0 Å². The largest absolute Gasteiger partial charge is 0.478 e. The van der Waals surface area contributed by atoms with Crippen molar-refractivity contribution >= 4 is 27.8 Å². The highest BCUT2D eigenvalue weighted by Gasteiger charge is 2.14. The molecule has 0 saturated heterocycles. The Morgan fingerprint density at radius 3 is 2.45 bits per heavy atom. The van der Waals surface area contributed by atoms with Crippen molar-refractivity contribution in [3.8, 4) is 0 Å². The topological polar surface area (TPSA) is 70.2 Å². The van der Waals surface area contributed by atoms with Gasteiger partial charge in [-0.05, 0) is 37.1 Å². The number of aryl methyl sites for hydroxylation is 2. The second-order valence-electron chi connectivity index (χ2n) is 4.94. The highest BCUT2D eigenvalue weighted by atomic mass is 16.4. The summed E-state index contributed by atoms with van der Waals surface area (Å²) in [6, 6.07) is 8.57. The second-order valence-corrected chi connectivity index (χ2v) is 4.94. The Labute approximate surface area is 114 Å². The normalized spacial score (nSPS) is 11.1. The number of nitrogens with one attached hydrogen (secondary N) is 1. The third-order valence-electron chi connectivity index (χ3n) is 3.64. The first-order chi connectivity index (χ1) is 9.50. The molecule has 3 aromatic rings. The van der Waals surface area contributed by atoms with Gasteiger partial charge in [0.15, 0.2) is 5.43 Å². The minimum absolute atomic E-state index is 0.113. The molecule has 1 aromatic heterocycles. The van der Waals surface area contributed by atoms with E-state index in [2.05, 4.69) is 4.98 Å². The van der Waals surface area contributed by atoms with Crippen LogP contribution in [0.15, 0.2) is 35.1 Å². The number of para-hydroxylation sites is 1. The number of aromatic nitrogens is 1. The molecule has 0 fully saturated rings. The van der Waals surface area contributed by atoms with Crippen molar-refractivity contribution in [3.63, 3.8) is 0 Å². The Bertz CT molecular complexity index is 922. The fourth-order valence-corrected chi connectivity index (χ4v) is 2.58. The van der Waals surface area contributed by atoms with Crippen LogP contribution >= 0.6 is 0 Å². The minimum Gasteiger partial charge on any atom is -0.478 e. The quantitative estimate of drug-likeness (QED) is 0.666. The molecule has 0 spiro atoms. The summed E-state index contributed by atoms with van der Waals surface area (Å²) in [5.41, 5.74) is 2.88. The number of fused-ring (bicyclic) bond motifs is 2. The predicted molar refractivity (Wildman–Crippen MR) is 78.5 cm³/mol. The molecular weight excluding hydrogens is 254 g/mol. The molecule has 0 aliphatic rings. The lowest BCUT2D eigenvalue weighted by Gasteiger charge is -2.09. The van der Waals surface area contributed by atoms with Crippen molar-refractivity contribution in [2.24, 2.45) is 0 Å². The van der Waals surface area contributed by atoms with Crippen LogP contribution in [0, 0.1) is 13.8 Å². The number of aromatic amines is 1. The van der Waals surface area contributed by atoms with Gasteiger partial charge in [0.05, 0.1) is 16.6 Å². The average molecular weight is 267 g/mol. The van der Waals surface area contributed by atoms with E-state index in [0.29, 0.717) is 21.8 Å². The summed E-state index contributed by atoms with van der Waals surface area (Å²) in [6.45, 7) is 3.77. The molecule has 0 aliphatic carbocycles. The molecule has 2 N–H and O–H groups in total. The van der Waals surface area contributed by atoms with Crippen molar-refractivity contribution < 1.29 is 9.90 Å². The molecule has 0 amide bonds. The van der Waals surface area contributed by atoms with Crippen molar-refractivity contribution in [3.05, 3.63) is 57.2 Å². The molecule has 0 unspecified atom stereocenters. The summed E-state index contributed by atoms with van der Waals surface area (Å²) in [6.07, 6.45) is 0. The minimum atomic E-state index is -1.05. The van der Waals surface area contributed by atoms with E-state index in [0.717, 1.165) is 11.1 Å². The summed E-state index contributed by atoms with van der Waals surface area (Å²) in [4.78, 5) is 27.0. The van der Waals surface area contributed by atoms with E-state index in [-0.39, 0.29) is 11.0 Å². The summed E-state index contributed by atoms with van der Waals surface area (Å²) in [5.74, 6) is -1.05. The SMILES string of the molecule is Cc1ccc(C)c2c(=O)c3cccc(C(=O)O)c3[nH]c12. The fraction of sp³-hybridized carbons (Fsp3) is 0.125. The molecule has 2 aromatic carbocycles. The van der Waals surface area contributed by atoms with Gasteiger partial charge in [-0.15, -0.1) is 0 Å². The van der Waals surface area contributed by atoms with Gasteiger partial charge < -0.3 is 10.1 Å². The van der Waals surface area contributed by atoms with Crippen LogP contribution in [0.25, 0.3) is 21.8 Å². The second kappa shape index (κ2) is 4.20. The molecule has 0 aliphatic heterocycles. The van der Waals surface area contributed by atoms with Crippen LogP contribution in [-0.2, 0) is 0 Å². The van der Waals surface area contributed by atoms with Crippen LogP contribution in [-0.4, -0.2) is 16.1 Å². The number of rotatable bonds is 1. The Balaban J connectivity index is 2.65. The van der Waals surface area contributed by atoms with E-state index in [1.54, 1.807) is 12.1 Å². The third kappa shape index (κ3) is 1.61. The van der Waals surface area contributed by atoms with Crippen LogP contribution in [0.1, 0.15) is 21.5 Å². The number of hydrogen-bond donors (Lipinski definition) is 2. The Hall–Kier alpha value is -2.62. The van der Waals surface area contributed by atoms with E-state index in [4.69, 9.17) is 0 Å². The molecule has 20 heavy (non-hydrogen) atoms. The van der Waals surface area contributed by atoms with Gasteiger partial charge in [0.2, 0.25) is 0 Å². The molecular formula is C16H13NO3. The zero-order valence-electron chi connectivity index (χ0n) is 11.2. The van der Waals surface area contributed by atoms with Gasteiger partial charge >= 0.3 is 5.97 Å². The Morgan fingerprint density at radius 2 is 1.75 bits per heavy atom. The van der Waals surface area contributed by atoms with E-state index >= 15 is 0 Å². The molecule has 0 bridgehead atoms. The lowest BCUT2D eigenvalue weighted by Crippen LogP contribution is -2.09. The summed E-state index contributed by atoms with van der Waals surface area (Å²) >= 11 is 0. The fourth-order valence-electron chi connectivity index (χ4n) is 2.58.